The van der Waals surface area contributed by atoms with Gasteiger partial charge in [0.2, 0.25) is 15.9 Å². The topological polar surface area (TPSA) is 57.7 Å². The van der Waals surface area contributed by atoms with Crippen molar-refractivity contribution in [2.45, 2.75) is 18.2 Å². The third kappa shape index (κ3) is 3.13. The number of carbonyl (C=O) groups is 1. The highest BCUT2D eigenvalue weighted by Gasteiger charge is 2.28. The maximum absolute atomic E-state index is 12.6. The van der Waals surface area contributed by atoms with E-state index >= 15 is 0 Å². The molecule has 1 aliphatic heterocycles. The van der Waals surface area contributed by atoms with E-state index < -0.39 is 10.0 Å². The monoisotopic (exact) mass is 316 g/mol. The summed E-state index contributed by atoms with van der Waals surface area (Å²) in [5, 5.41) is 0.222. The number of nitrogens with zero attached hydrogens (tertiary/aromatic N) is 2. The Morgan fingerprint density at radius 3 is 2.50 bits per heavy atom. The van der Waals surface area contributed by atoms with E-state index in [1.165, 1.54) is 17.3 Å². The third-order valence-electron chi connectivity index (χ3n) is 3.35. The van der Waals surface area contributed by atoms with Crippen LogP contribution in [0.5, 0.6) is 0 Å². The maximum Gasteiger partial charge on any atom is 0.244 e. The number of benzene rings is 1. The van der Waals surface area contributed by atoms with E-state index in [4.69, 9.17) is 11.6 Å². The molecule has 5 nitrogen and oxygen atoms in total. The van der Waals surface area contributed by atoms with Crippen molar-refractivity contribution in [2.75, 3.05) is 26.2 Å². The zero-order chi connectivity index (χ0) is 14.8. The predicted octanol–water partition coefficient (Wildman–Crippen LogP) is 1.58. The first-order valence-electron chi connectivity index (χ1n) is 6.43. The number of carbonyl (C=O) groups excluding carboxylic acids is 1. The van der Waals surface area contributed by atoms with Crippen LogP contribution in [0.15, 0.2) is 29.2 Å². The molecule has 0 aromatic heterocycles. The van der Waals surface area contributed by atoms with E-state index in [2.05, 4.69) is 0 Å². The van der Waals surface area contributed by atoms with Gasteiger partial charge < -0.3 is 4.90 Å². The van der Waals surface area contributed by atoms with E-state index in [1.54, 1.807) is 23.1 Å². The molecule has 0 N–H and O–H groups in total. The van der Waals surface area contributed by atoms with Crippen LogP contribution in [0, 0.1) is 0 Å². The van der Waals surface area contributed by atoms with Gasteiger partial charge in [0.25, 0.3) is 0 Å². The molecule has 0 saturated carbocycles. The Morgan fingerprint density at radius 2 is 1.85 bits per heavy atom. The van der Waals surface area contributed by atoms with Crippen LogP contribution >= 0.6 is 11.6 Å². The van der Waals surface area contributed by atoms with Crippen molar-refractivity contribution in [1.82, 2.24) is 9.21 Å². The van der Waals surface area contributed by atoms with Crippen molar-refractivity contribution in [2.24, 2.45) is 0 Å². The fourth-order valence-corrected chi connectivity index (χ4v) is 4.20. The molecule has 0 bridgehead atoms. The summed E-state index contributed by atoms with van der Waals surface area (Å²) in [7, 11) is -3.60. The third-order valence-corrected chi connectivity index (χ3v) is 5.75. The van der Waals surface area contributed by atoms with E-state index in [1.807, 2.05) is 0 Å². The standard InChI is InChI=1S/C13H17ClN2O3S/c1-11(17)15-7-4-8-16(10-9-15)20(18,19)13-6-3-2-5-12(13)14/h2-3,5-6H,4,7-10H2,1H3. The van der Waals surface area contributed by atoms with Gasteiger partial charge in [-0.3, -0.25) is 4.79 Å². The van der Waals surface area contributed by atoms with Crippen molar-refractivity contribution >= 4 is 27.5 Å². The fourth-order valence-electron chi connectivity index (χ4n) is 2.24. The molecule has 20 heavy (non-hydrogen) atoms. The summed E-state index contributed by atoms with van der Waals surface area (Å²) < 4.78 is 26.6. The Hall–Kier alpha value is -1.11. The van der Waals surface area contributed by atoms with Gasteiger partial charge in [0.1, 0.15) is 4.90 Å². The van der Waals surface area contributed by atoms with Crippen LogP contribution in [-0.2, 0) is 14.8 Å². The SMILES string of the molecule is CC(=O)N1CCCN(S(=O)(=O)c2ccccc2Cl)CC1. The number of amides is 1. The molecule has 0 spiro atoms. The second-order valence-electron chi connectivity index (χ2n) is 4.69. The molecule has 1 aromatic rings. The van der Waals surface area contributed by atoms with Crippen molar-refractivity contribution in [3.05, 3.63) is 29.3 Å². The van der Waals surface area contributed by atoms with Gasteiger partial charge in [0, 0.05) is 33.1 Å². The van der Waals surface area contributed by atoms with Crippen LogP contribution in [0.4, 0.5) is 0 Å². The van der Waals surface area contributed by atoms with Gasteiger partial charge in [-0.2, -0.15) is 4.31 Å². The van der Waals surface area contributed by atoms with Crippen LogP contribution < -0.4 is 0 Å². The summed E-state index contributed by atoms with van der Waals surface area (Å²) >= 11 is 5.98. The van der Waals surface area contributed by atoms with Gasteiger partial charge >= 0.3 is 0 Å². The predicted molar refractivity (Wildman–Crippen MR) is 77.1 cm³/mol. The first-order valence-corrected chi connectivity index (χ1v) is 8.25. The molecule has 0 unspecified atom stereocenters. The Kier molecular flexibility index (Phi) is 4.67. The quantitative estimate of drug-likeness (QED) is 0.832. The number of sulfonamides is 1. The normalized spacial score (nSPS) is 17.8. The average molecular weight is 317 g/mol. The molecule has 0 radical (unpaired) electrons. The maximum atomic E-state index is 12.6. The molecule has 1 fully saturated rings. The van der Waals surface area contributed by atoms with Gasteiger partial charge in [0.05, 0.1) is 5.02 Å². The van der Waals surface area contributed by atoms with Crippen molar-refractivity contribution in [1.29, 1.82) is 0 Å². The van der Waals surface area contributed by atoms with E-state index in [9.17, 15) is 13.2 Å². The Morgan fingerprint density at radius 1 is 1.15 bits per heavy atom. The molecule has 1 heterocycles. The van der Waals surface area contributed by atoms with Gasteiger partial charge in [-0.1, -0.05) is 23.7 Å². The summed E-state index contributed by atoms with van der Waals surface area (Å²) in [4.78, 5) is 13.2. The summed E-state index contributed by atoms with van der Waals surface area (Å²) in [5.74, 6) is -0.0259. The molecule has 0 atom stereocenters. The molecule has 110 valence electrons. The number of hydrogen-bond donors (Lipinski definition) is 0. The van der Waals surface area contributed by atoms with Crippen molar-refractivity contribution in [3.63, 3.8) is 0 Å². The van der Waals surface area contributed by atoms with E-state index in [-0.39, 0.29) is 15.8 Å². The van der Waals surface area contributed by atoms with Crippen molar-refractivity contribution in [3.8, 4) is 0 Å². The largest absolute Gasteiger partial charge is 0.342 e. The van der Waals surface area contributed by atoms with Crippen LogP contribution in [0.1, 0.15) is 13.3 Å². The van der Waals surface area contributed by atoms with Gasteiger partial charge in [-0.15, -0.1) is 0 Å². The number of rotatable bonds is 2. The molecule has 2 rings (SSSR count). The summed E-state index contributed by atoms with van der Waals surface area (Å²) in [6.07, 6.45) is 0.628. The molecule has 7 heteroatoms. The molecule has 1 saturated heterocycles. The van der Waals surface area contributed by atoms with Gasteiger partial charge in [-0.25, -0.2) is 8.42 Å². The van der Waals surface area contributed by atoms with E-state index in [0.29, 0.717) is 32.6 Å². The molecule has 1 aliphatic rings. The lowest BCUT2D eigenvalue weighted by molar-refractivity contribution is -0.128. The number of hydrogen-bond acceptors (Lipinski definition) is 3. The first-order chi connectivity index (χ1) is 9.43. The minimum absolute atomic E-state index is 0.0259. The van der Waals surface area contributed by atoms with Crippen molar-refractivity contribution < 1.29 is 13.2 Å². The van der Waals surface area contributed by atoms with Gasteiger partial charge in [0.15, 0.2) is 0 Å². The molecular formula is C13H17ClN2O3S. The van der Waals surface area contributed by atoms with E-state index in [0.717, 1.165) is 0 Å². The van der Waals surface area contributed by atoms with Crippen LogP contribution in [0.2, 0.25) is 5.02 Å². The lowest BCUT2D eigenvalue weighted by Gasteiger charge is -2.21. The number of halogens is 1. The average Bonchev–Trinajstić information content (AvgIpc) is 2.65. The van der Waals surface area contributed by atoms with Crippen LogP contribution in [-0.4, -0.2) is 49.7 Å². The summed E-state index contributed by atoms with van der Waals surface area (Å²) in [6, 6.07) is 6.42. The summed E-state index contributed by atoms with van der Waals surface area (Å²) in [5.41, 5.74) is 0. The first kappa shape index (κ1) is 15.3. The Labute approximate surface area is 124 Å². The summed E-state index contributed by atoms with van der Waals surface area (Å²) in [6.45, 7) is 3.20. The zero-order valence-electron chi connectivity index (χ0n) is 11.3. The van der Waals surface area contributed by atoms with Crippen LogP contribution in [0.25, 0.3) is 0 Å². The lowest BCUT2D eigenvalue weighted by atomic mass is 10.4. The van der Waals surface area contributed by atoms with Gasteiger partial charge in [-0.05, 0) is 18.6 Å². The molecular weight excluding hydrogens is 300 g/mol. The minimum Gasteiger partial charge on any atom is -0.342 e. The smallest absolute Gasteiger partial charge is 0.244 e. The van der Waals surface area contributed by atoms with Crippen LogP contribution in [0.3, 0.4) is 0 Å². The Balaban J connectivity index is 2.23. The zero-order valence-corrected chi connectivity index (χ0v) is 12.8. The highest BCUT2D eigenvalue weighted by molar-refractivity contribution is 7.89. The second-order valence-corrected chi connectivity index (χ2v) is 7.01. The molecule has 0 aliphatic carbocycles. The highest BCUT2D eigenvalue weighted by Crippen LogP contribution is 2.24. The molecule has 1 aromatic carbocycles. The lowest BCUT2D eigenvalue weighted by Crippen LogP contribution is -2.36. The molecule has 1 amide bonds. The fraction of sp³-hybridized carbons (Fsp3) is 0.462. The second kappa shape index (κ2) is 6.11. The minimum atomic E-state index is -3.60. The highest BCUT2D eigenvalue weighted by atomic mass is 35.5. The Bertz CT molecular complexity index is 603.